The second-order valence-corrected chi connectivity index (χ2v) is 8.45. The van der Waals surface area contributed by atoms with Crippen molar-refractivity contribution in [1.29, 1.82) is 0 Å². The predicted octanol–water partition coefficient (Wildman–Crippen LogP) is 4.33. The molecule has 32 heavy (non-hydrogen) atoms. The van der Waals surface area contributed by atoms with Gasteiger partial charge >= 0.3 is 0 Å². The highest BCUT2D eigenvalue weighted by atomic mass is 35.5. The van der Waals surface area contributed by atoms with E-state index in [-0.39, 0.29) is 39.5 Å². The van der Waals surface area contributed by atoms with Crippen LogP contribution in [0.4, 0.5) is 5.69 Å². The van der Waals surface area contributed by atoms with E-state index in [2.05, 4.69) is 5.32 Å². The average Bonchev–Trinajstić information content (AvgIpc) is 3.01. The molecule has 0 spiro atoms. The fourth-order valence-electron chi connectivity index (χ4n) is 4.17. The Hall–Kier alpha value is -3.58. The van der Waals surface area contributed by atoms with E-state index in [1.54, 1.807) is 31.2 Å². The molecule has 2 aliphatic rings. The molecule has 1 atom stereocenters. The fourth-order valence-corrected chi connectivity index (χ4v) is 4.30. The summed E-state index contributed by atoms with van der Waals surface area (Å²) in [4.78, 5) is 38.8. The molecule has 4 rings (SSSR count). The number of ether oxygens (including phenoxy) is 1. The van der Waals surface area contributed by atoms with Crippen LogP contribution in [-0.2, 0) is 15.0 Å². The lowest BCUT2D eigenvalue weighted by atomic mass is 9.70. The van der Waals surface area contributed by atoms with Crippen LogP contribution in [0, 0.1) is 6.92 Å². The van der Waals surface area contributed by atoms with Gasteiger partial charge in [-0.2, -0.15) is 0 Å². The molecule has 7 nitrogen and oxygen atoms in total. The summed E-state index contributed by atoms with van der Waals surface area (Å²) in [6.07, 6.45) is 1.18. The fraction of sp³-hybridized carbons (Fsp3) is 0.208. The van der Waals surface area contributed by atoms with E-state index in [1.807, 2.05) is 0 Å². The third-order valence-corrected chi connectivity index (χ3v) is 6.19. The summed E-state index contributed by atoms with van der Waals surface area (Å²) in [5.41, 5.74) is -0.746. The second kappa shape index (κ2) is 7.24. The van der Waals surface area contributed by atoms with Gasteiger partial charge in [0.15, 0.2) is 17.3 Å². The number of halogens is 1. The molecule has 3 N–H and O–H groups in total. The van der Waals surface area contributed by atoms with Gasteiger partial charge in [0.2, 0.25) is 0 Å². The van der Waals surface area contributed by atoms with Crippen molar-refractivity contribution in [3.05, 3.63) is 69.1 Å². The highest BCUT2D eigenvalue weighted by molar-refractivity contribution is 6.32. The van der Waals surface area contributed by atoms with Gasteiger partial charge in [0, 0.05) is 28.0 Å². The van der Waals surface area contributed by atoms with Gasteiger partial charge < -0.3 is 20.3 Å². The highest BCUT2D eigenvalue weighted by Gasteiger charge is 2.56. The Morgan fingerprint density at radius 1 is 1.09 bits per heavy atom. The van der Waals surface area contributed by atoms with Crippen LogP contribution in [0.25, 0.3) is 0 Å². The van der Waals surface area contributed by atoms with Gasteiger partial charge in [-0.15, -0.1) is 0 Å². The molecule has 1 aliphatic heterocycles. The van der Waals surface area contributed by atoms with Crippen LogP contribution >= 0.6 is 11.6 Å². The van der Waals surface area contributed by atoms with E-state index in [0.29, 0.717) is 16.4 Å². The number of carbonyl (C=O) groups is 3. The lowest BCUT2D eigenvalue weighted by Crippen LogP contribution is -2.40. The number of fused-ring (bicyclic) bond motifs is 3. The van der Waals surface area contributed by atoms with Crippen molar-refractivity contribution in [2.45, 2.75) is 33.1 Å². The van der Waals surface area contributed by atoms with E-state index >= 15 is 0 Å². The average molecular weight is 454 g/mol. The number of anilines is 1. The molecule has 8 heteroatoms. The minimum absolute atomic E-state index is 0.00616. The Balaban J connectivity index is 1.91. The van der Waals surface area contributed by atoms with Crippen molar-refractivity contribution < 1.29 is 29.3 Å². The van der Waals surface area contributed by atoms with Gasteiger partial charge in [-0.3, -0.25) is 14.4 Å². The molecule has 0 unspecified atom stereocenters. The highest BCUT2D eigenvalue weighted by Crippen LogP contribution is 2.57. The number of hydrogen-bond donors (Lipinski definition) is 3. The maximum Gasteiger partial charge on any atom is 0.194 e. The molecule has 0 aromatic heterocycles. The molecule has 0 fully saturated rings. The third-order valence-electron chi connectivity index (χ3n) is 5.94. The number of nitrogens with one attached hydrogen (secondary N) is 1. The molecule has 0 radical (unpaired) electrons. The zero-order valence-electron chi connectivity index (χ0n) is 17.8. The molecular formula is C24H20ClNO6. The summed E-state index contributed by atoms with van der Waals surface area (Å²) in [7, 11) is 0. The van der Waals surface area contributed by atoms with Gasteiger partial charge in [-0.05, 0) is 52.0 Å². The van der Waals surface area contributed by atoms with Gasteiger partial charge in [0.25, 0.3) is 0 Å². The summed E-state index contributed by atoms with van der Waals surface area (Å²) < 4.78 is 5.74. The first-order chi connectivity index (χ1) is 15.0. The number of Topliss-reactive ketones (excluding diaryl/α,β-unsaturated/α-hetero) is 2. The first-order valence-corrected chi connectivity index (χ1v) is 10.2. The maximum atomic E-state index is 13.7. The van der Waals surface area contributed by atoms with E-state index in [0.717, 1.165) is 0 Å². The Kier molecular flexibility index (Phi) is 4.90. The third kappa shape index (κ3) is 2.92. The van der Waals surface area contributed by atoms with Crippen molar-refractivity contribution in [1.82, 2.24) is 0 Å². The monoisotopic (exact) mass is 453 g/mol. The summed E-state index contributed by atoms with van der Waals surface area (Å²) in [5.74, 6) is -2.57. The smallest absolute Gasteiger partial charge is 0.194 e. The maximum absolute atomic E-state index is 13.7. The molecule has 0 amide bonds. The SMILES string of the molecule is CC(=O)c1c(O)c(C)c(O)c2c1OC1=CC(=O)/C(=C(/C)Nc3ccc(Cl)cc3)C(=O)[C@]12C. The summed E-state index contributed by atoms with van der Waals surface area (Å²) in [6, 6.07) is 6.75. The van der Waals surface area contributed by atoms with Gasteiger partial charge in [0.05, 0.1) is 11.1 Å². The van der Waals surface area contributed by atoms with E-state index in [4.69, 9.17) is 16.3 Å². The molecule has 0 saturated carbocycles. The van der Waals surface area contributed by atoms with Gasteiger partial charge in [-0.25, -0.2) is 0 Å². The van der Waals surface area contributed by atoms with Crippen molar-refractivity contribution in [3.8, 4) is 17.2 Å². The van der Waals surface area contributed by atoms with Crippen LogP contribution in [-0.4, -0.2) is 27.6 Å². The second-order valence-electron chi connectivity index (χ2n) is 8.02. The van der Waals surface area contributed by atoms with Gasteiger partial charge in [-0.1, -0.05) is 11.6 Å². The molecule has 1 aliphatic carbocycles. The largest absolute Gasteiger partial charge is 0.507 e. The molecule has 0 saturated heterocycles. The number of allylic oxidation sites excluding steroid dienone is 4. The predicted molar refractivity (Wildman–Crippen MR) is 118 cm³/mol. The molecule has 2 aromatic carbocycles. The van der Waals surface area contributed by atoms with Crippen LogP contribution < -0.4 is 10.1 Å². The molecule has 1 heterocycles. The lowest BCUT2D eigenvalue weighted by molar-refractivity contribution is -0.123. The standard InChI is InChI=1S/C24H20ClNO6/c1-10-20(29)18(12(3)27)22-19(21(10)30)24(4)16(32-22)9-15(28)17(23(24)31)11(2)26-14-7-5-13(25)6-8-14/h5-9,26,29-30H,1-4H3/b17-11+/t24-/m1/s1. The number of rotatable bonds is 3. The Bertz CT molecular complexity index is 1290. The molecule has 2 aromatic rings. The van der Waals surface area contributed by atoms with Crippen molar-refractivity contribution in [3.63, 3.8) is 0 Å². The first-order valence-electron chi connectivity index (χ1n) is 9.81. The van der Waals surface area contributed by atoms with Gasteiger partial charge in [0.1, 0.15) is 34.0 Å². The van der Waals surface area contributed by atoms with Crippen LogP contribution in [0.3, 0.4) is 0 Å². The minimum atomic E-state index is -1.55. The van der Waals surface area contributed by atoms with Crippen LogP contribution in [0.2, 0.25) is 5.02 Å². The molecule has 164 valence electrons. The normalized spacial score (nSPS) is 20.8. The lowest BCUT2D eigenvalue weighted by Gasteiger charge is -2.29. The zero-order valence-corrected chi connectivity index (χ0v) is 18.5. The number of phenols is 2. The molecule has 0 bridgehead atoms. The minimum Gasteiger partial charge on any atom is -0.507 e. The van der Waals surface area contributed by atoms with E-state index < -0.39 is 28.5 Å². The number of ketones is 3. The number of carbonyl (C=O) groups excluding carboxylic acids is 3. The Labute approximate surface area is 189 Å². The number of aromatic hydroxyl groups is 2. The summed E-state index contributed by atoms with van der Waals surface area (Å²) in [6.45, 7) is 5.80. The van der Waals surface area contributed by atoms with Crippen LogP contribution in [0.15, 0.2) is 47.4 Å². The number of phenolic OH excluding ortho intramolecular Hbond substituents is 2. The zero-order chi connectivity index (χ0) is 23.5. The Morgan fingerprint density at radius 2 is 1.72 bits per heavy atom. The van der Waals surface area contributed by atoms with Crippen molar-refractivity contribution in [2.24, 2.45) is 0 Å². The topological polar surface area (TPSA) is 113 Å². The summed E-state index contributed by atoms with van der Waals surface area (Å²) in [5, 5.41) is 24.8. The van der Waals surface area contributed by atoms with Crippen molar-refractivity contribution in [2.75, 3.05) is 5.32 Å². The number of benzene rings is 2. The van der Waals surface area contributed by atoms with Crippen LogP contribution in [0.5, 0.6) is 17.2 Å². The Morgan fingerprint density at radius 3 is 2.31 bits per heavy atom. The van der Waals surface area contributed by atoms with E-state index in [1.165, 1.54) is 26.8 Å². The molecular weight excluding hydrogens is 434 g/mol. The number of hydrogen-bond acceptors (Lipinski definition) is 7. The van der Waals surface area contributed by atoms with Crippen molar-refractivity contribution >= 4 is 34.6 Å². The quantitative estimate of drug-likeness (QED) is 0.360. The van der Waals surface area contributed by atoms with Crippen LogP contribution in [0.1, 0.15) is 42.3 Å². The summed E-state index contributed by atoms with van der Waals surface area (Å²) >= 11 is 5.91. The van der Waals surface area contributed by atoms with E-state index in [9.17, 15) is 24.6 Å². The first kappa shape index (κ1) is 21.6.